The molecule has 2 aromatic carbocycles. The number of hydrogen-bond donors (Lipinski definition) is 1. The minimum absolute atomic E-state index is 0.0505. The molecule has 1 saturated heterocycles. The molecule has 0 saturated carbocycles. The van der Waals surface area contributed by atoms with Gasteiger partial charge in [0, 0.05) is 11.6 Å². The van der Waals surface area contributed by atoms with E-state index in [1.165, 1.54) is 12.1 Å². The van der Waals surface area contributed by atoms with Crippen LogP contribution in [0.15, 0.2) is 48.5 Å². The zero-order valence-electron chi connectivity index (χ0n) is 16.7. The Hall–Kier alpha value is -3.12. The highest BCUT2D eigenvalue weighted by molar-refractivity contribution is 5.87. The lowest BCUT2D eigenvalue weighted by Crippen LogP contribution is -2.23. The highest BCUT2D eigenvalue weighted by Crippen LogP contribution is 2.46. The summed E-state index contributed by atoms with van der Waals surface area (Å²) in [5.74, 6) is -0.869. The van der Waals surface area contributed by atoms with Crippen LogP contribution in [0.2, 0.25) is 0 Å². The van der Waals surface area contributed by atoms with Gasteiger partial charge in [-0.15, -0.1) is 0 Å². The number of rotatable bonds is 7. The van der Waals surface area contributed by atoms with Crippen molar-refractivity contribution in [3.63, 3.8) is 0 Å². The molecule has 1 heterocycles. The number of benzene rings is 2. The third kappa shape index (κ3) is 5.03. The quantitative estimate of drug-likeness (QED) is 0.332. The van der Waals surface area contributed by atoms with Crippen LogP contribution in [0.4, 0.5) is 0 Å². The Morgan fingerprint density at radius 2 is 1.93 bits per heavy atom. The minimum Gasteiger partial charge on any atom is -0.508 e. The fraction of sp³-hybridized carbons (Fsp3) is 0.304. The summed E-state index contributed by atoms with van der Waals surface area (Å²) < 4.78 is 16.4. The van der Waals surface area contributed by atoms with Gasteiger partial charge >= 0.3 is 11.9 Å². The predicted molar refractivity (Wildman–Crippen MR) is 107 cm³/mol. The molecule has 0 radical (unpaired) electrons. The van der Waals surface area contributed by atoms with E-state index in [1.54, 1.807) is 32.9 Å². The van der Waals surface area contributed by atoms with E-state index in [1.807, 2.05) is 30.3 Å². The lowest BCUT2D eigenvalue weighted by molar-refractivity contribution is -0.140. The van der Waals surface area contributed by atoms with Crippen molar-refractivity contribution in [2.45, 2.75) is 26.4 Å². The Balaban J connectivity index is 1.74. The molecule has 1 N–H and O–H groups in total. The van der Waals surface area contributed by atoms with Gasteiger partial charge in [-0.1, -0.05) is 44.2 Å². The molecular formula is C23H24O6. The van der Waals surface area contributed by atoms with Crippen molar-refractivity contribution in [1.29, 1.82) is 0 Å². The lowest BCUT2D eigenvalue weighted by atomic mass is 9.97. The monoisotopic (exact) mass is 396 g/mol. The van der Waals surface area contributed by atoms with Crippen molar-refractivity contribution in [3.8, 4) is 11.5 Å². The third-order valence-corrected chi connectivity index (χ3v) is 4.62. The average Bonchev–Trinajstić information content (AvgIpc) is 3.49. The fourth-order valence-electron chi connectivity index (χ4n) is 2.70. The van der Waals surface area contributed by atoms with E-state index in [9.17, 15) is 14.7 Å². The molecule has 0 aromatic heterocycles. The van der Waals surface area contributed by atoms with E-state index in [4.69, 9.17) is 14.2 Å². The molecule has 1 aliphatic heterocycles. The Morgan fingerprint density at radius 3 is 2.55 bits per heavy atom. The molecule has 0 bridgehead atoms. The third-order valence-electron chi connectivity index (χ3n) is 4.62. The number of carbonyl (C=O) groups is 2. The van der Waals surface area contributed by atoms with E-state index < -0.39 is 17.5 Å². The van der Waals surface area contributed by atoms with Crippen LogP contribution < -0.4 is 4.74 Å². The number of aryl methyl sites for hydroxylation is 1. The summed E-state index contributed by atoms with van der Waals surface area (Å²) in [4.78, 5) is 24.2. The number of ether oxygens (including phenoxy) is 3. The van der Waals surface area contributed by atoms with Crippen molar-refractivity contribution >= 4 is 18.0 Å². The van der Waals surface area contributed by atoms with Crippen molar-refractivity contribution in [3.05, 3.63) is 65.2 Å². The Kier molecular flexibility index (Phi) is 6.03. The van der Waals surface area contributed by atoms with Gasteiger partial charge < -0.3 is 19.3 Å². The molecule has 1 aliphatic rings. The molecule has 0 amide bonds. The number of aromatic hydroxyl groups is 1. The van der Waals surface area contributed by atoms with Gasteiger partial charge in [0.2, 0.25) is 0 Å². The average molecular weight is 396 g/mol. The van der Waals surface area contributed by atoms with Crippen LogP contribution in [0.5, 0.6) is 11.5 Å². The van der Waals surface area contributed by atoms with Crippen molar-refractivity contribution in [1.82, 2.24) is 0 Å². The molecule has 0 aliphatic carbocycles. The number of epoxide rings is 1. The standard InChI is InChI=1S/C23H24O6/c1-15(2)22(26)29-20-11-16(3)19(24)12-18(20)23(14-28-23)13-27-21(25)10-9-17-7-5-4-6-8-17/h4-12,15,24H,13-14H2,1-3H3. The molecule has 1 atom stereocenters. The van der Waals surface area contributed by atoms with Gasteiger partial charge in [0.1, 0.15) is 18.1 Å². The SMILES string of the molecule is Cc1cc(OC(=O)C(C)C)c(C2(COC(=O)C=Cc3ccccc3)CO2)cc1O. The van der Waals surface area contributed by atoms with Crippen LogP contribution in [0, 0.1) is 12.8 Å². The fourth-order valence-corrected chi connectivity index (χ4v) is 2.70. The maximum absolute atomic E-state index is 12.1. The van der Waals surface area contributed by atoms with Crippen LogP contribution in [0.25, 0.3) is 6.08 Å². The molecule has 152 valence electrons. The largest absolute Gasteiger partial charge is 0.508 e. The highest BCUT2D eigenvalue weighted by Gasteiger charge is 2.50. The summed E-state index contributed by atoms with van der Waals surface area (Å²) in [6.45, 7) is 5.41. The van der Waals surface area contributed by atoms with E-state index in [-0.39, 0.29) is 24.9 Å². The predicted octanol–water partition coefficient (Wildman–Crippen LogP) is 3.74. The van der Waals surface area contributed by atoms with Gasteiger partial charge in [-0.3, -0.25) is 4.79 Å². The summed E-state index contributed by atoms with van der Waals surface area (Å²) in [6.07, 6.45) is 3.01. The normalized spacial score (nSPS) is 18.1. The van der Waals surface area contributed by atoms with Crippen molar-refractivity contribution in [2.75, 3.05) is 13.2 Å². The number of carbonyl (C=O) groups excluding carboxylic acids is 2. The maximum Gasteiger partial charge on any atom is 0.330 e. The van der Waals surface area contributed by atoms with E-state index >= 15 is 0 Å². The summed E-state index contributed by atoms with van der Waals surface area (Å²) >= 11 is 0. The van der Waals surface area contributed by atoms with Crippen LogP contribution in [-0.2, 0) is 24.7 Å². The van der Waals surface area contributed by atoms with Gasteiger partial charge in [0.15, 0.2) is 5.60 Å². The molecule has 1 unspecified atom stereocenters. The number of hydrogen-bond acceptors (Lipinski definition) is 6. The molecule has 1 fully saturated rings. The molecule has 0 spiro atoms. The summed E-state index contributed by atoms with van der Waals surface area (Å²) in [5, 5.41) is 10.1. The molecule has 6 heteroatoms. The lowest BCUT2D eigenvalue weighted by Gasteiger charge is -2.18. The van der Waals surface area contributed by atoms with Gasteiger partial charge in [-0.2, -0.15) is 0 Å². The second kappa shape index (κ2) is 8.49. The molecule has 3 rings (SSSR count). The maximum atomic E-state index is 12.1. The van der Waals surface area contributed by atoms with Gasteiger partial charge in [-0.05, 0) is 36.3 Å². The Bertz CT molecular complexity index is 926. The topological polar surface area (TPSA) is 85.4 Å². The summed E-state index contributed by atoms with van der Waals surface area (Å²) in [7, 11) is 0. The van der Waals surface area contributed by atoms with Crippen LogP contribution >= 0.6 is 0 Å². The number of phenolic OH excluding ortho intramolecular Hbond substituents is 1. The van der Waals surface area contributed by atoms with Crippen molar-refractivity contribution in [2.24, 2.45) is 5.92 Å². The molecular weight excluding hydrogens is 372 g/mol. The van der Waals surface area contributed by atoms with Crippen LogP contribution in [-0.4, -0.2) is 30.3 Å². The van der Waals surface area contributed by atoms with Crippen molar-refractivity contribution < 1.29 is 28.9 Å². The molecule has 2 aromatic rings. The second-order valence-corrected chi connectivity index (χ2v) is 7.35. The first kappa shape index (κ1) is 20.6. The van der Waals surface area contributed by atoms with E-state index in [0.29, 0.717) is 16.9 Å². The minimum atomic E-state index is -0.936. The van der Waals surface area contributed by atoms with E-state index in [0.717, 1.165) is 5.56 Å². The zero-order valence-corrected chi connectivity index (χ0v) is 16.7. The number of phenols is 1. The summed E-state index contributed by atoms with van der Waals surface area (Å²) in [6, 6.07) is 12.5. The van der Waals surface area contributed by atoms with Crippen LogP contribution in [0.1, 0.15) is 30.5 Å². The Labute approximate surface area is 169 Å². The first-order valence-corrected chi connectivity index (χ1v) is 9.40. The van der Waals surface area contributed by atoms with Crippen LogP contribution in [0.3, 0.4) is 0 Å². The molecule has 6 nitrogen and oxygen atoms in total. The molecule has 29 heavy (non-hydrogen) atoms. The van der Waals surface area contributed by atoms with Gasteiger partial charge in [-0.25, -0.2) is 4.79 Å². The zero-order chi connectivity index (χ0) is 21.0. The second-order valence-electron chi connectivity index (χ2n) is 7.35. The first-order chi connectivity index (χ1) is 13.8. The van der Waals surface area contributed by atoms with Gasteiger partial charge in [0.25, 0.3) is 0 Å². The van der Waals surface area contributed by atoms with Gasteiger partial charge in [0.05, 0.1) is 12.5 Å². The first-order valence-electron chi connectivity index (χ1n) is 9.40. The highest BCUT2D eigenvalue weighted by atomic mass is 16.6. The smallest absolute Gasteiger partial charge is 0.330 e. The number of esters is 2. The van der Waals surface area contributed by atoms with E-state index in [2.05, 4.69) is 0 Å². The Morgan fingerprint density at radius 1 is 1.24 bits per heavy atom. The summed E-state index contributed by atoms with van der Waals surface area (Å²) in [5.41, 5.74) is 0.995.